The minimum Gasteiger partial charge on any atom is -0.395 e. The van der Waals surface area contributed by atoms with Crippen LogP contribution < -0.4 is 0 Å². The van der Waals surface area contributed by atoms with E-state index in [4.69, 9.17) is 9.84 Å². The van der Waals surface area contributed by atoms with Crippen molar-refractivity contribution in [3.8, 4) is 11.8 Å². The summed E-state index contributed by atoms with van der Waals surface area (Å²) in [6.45, 7) is 3.02. The van der Waals surface area contributed by atoms with Gasteiger partial charge in [-0.25, -0.2) is 0 Å². The number of hydrogen-bond acceptors (Lipinski definition) is 3. The summed E-state index contributed by atoms with van der Waals surface area (Å²) in [6, 6.07) is 5.58. The van der Waals surface area contributed by atoms with Gasteiger partial charge in [0.1, 0.15) is 0 Å². The summed E-state index contributed by atoms with van der Waals surface area (Å²) in [5.74, 6) is 5.74. The minimum absolute atomic E-state index is 0.0236. The molecule has 20 heavy (non-hydrogen) atoms. The second-order valence-corrected chi connectivity index (χ2v) is 4.54. The average Bonchev–Trinajstić information content (AvgIpc) is 2.44. The van der Waals surface area contributed by atoms with Crippen LogP contribution in [0.5, 0.6) is 0 Å². The van der Waals surface area contributed by atoms with Crippen LogP contribution in [0.4, 0.5) is 0 Å². The van der Waals surface area contributed by atoms with Crippen LogP contribution in [-0.4, -0.2) is 49.8 Å². The van der Waals surface area contributed by atoms with E-state index in [1.54, 1.807) is 25.1 Å². The smallest absolute Gasteiger partial charge is 0.254 e. The van der Waals surface area contributed by atoms with Crippen molar-refractivity contribution in [3.05, 3.63) is 34.9 Å². The molecule has 1 N–H and O–H groups in total. The molecule has 0 unspecified atom stereocenters. The van der Waals surface area contributed by atoms with Crippen molar-refractivity contribution in [2.75, 3.05) is 33.9 Å². The normalized spacial score (nSPS) is 9.80. The largest absolute Gasteiger partial charge is 0.395 e. The topological polar surface area (TPSA) is 49.8 Å². The van der Waals surface area contributed by atoms with E-state index >= 15 is 0 Å². The average molecular weight is 275 g/mol. The minimum atomic E-state index is -0.0738. The molecule has 0 heterocycles. The molecule has 1 rings (SSSR count). The zero-order chi connectivity index (χ0) is 15.0. The molecule has 0 aromatic heterocycles. The fourth-order valence-electron chi connectivity index (χ4n) is 1.70. The van der Waals surface area contributed by atoms with Crippen molar-refractivity contribution in [3.63, 3.8) is 0 Å². The Morgan fingerprint density at radius 2 is 2.20 bits per heavy atom. The van der Waals surface area contributed by atoms with Crippen LogP contribution in [0.2, 0.25) is 0 Å². The van der Waals surface area contributed by atoms with Gasteiger partial charge >= 0.3 is 0 Å². The maximum atomic E-state index is 12.4. The number of carbonyl (C=O) groups is 1. The third kappa shape index (κ3) is 4.69. The van der Waals surface area contributed by atoms with Crippen LogP contribution in [0.1, 0.15) is 27.9 Å². The quantitative estimate of drug-likeness (QED) is 0.827. The highest BCUT2D eigenvalue weighted by Gasteiger charge is 2.14. The van der Waals surface area contributed by atoms with Crippen LogP contribution in [0, 0.1) is 18.8 Å². The Hall–Kier alpha value is -1.83. The fourth-order valence-corrected chi connectivity index (χ4v) is 1.70. The molecular weight excluding hydrogens is 254 g/mol. The summed E-state index contributed by atoms with van der Waals surface area (Å²) in [5, 5.41) is 8.77. The number of aliphatic hydroxyl groups is 1. The van der Waals surface area contributed by atoms with E-state index in [-0.39, 0.29) is 12.5 Å². The monoisotopic (exact) mass is 275 g/mol. The van der Waals surface area contributed by atoms with Crippen molar-refractivity contribution in [2.24, 2.45) is 0 Å². The predicted molar refractivity (Wildman–Crippen MR) is 78.6 cm³/mol. The van der Waals surface area contributed by atoms with Crippen LogP contribution in [-0.2, 0) is 4.74 Å². The number of carbonyl (C=O) groups excluding carboxylic acids is 1. The Morgan fingerprint density at radius 1 is 1.45 bits per heavy atom. The second-order valence-electron chi connectivity index (χ2n) is 4.54. The van der Waals surface area contributed by atoms with Gasteiger partial charge in [-0.05, 0) is 24.6 Å². The summed E-state index contributed by atoms with van der Waals surface area (Å²) in [4.78, 5) is 14.0. The number of ether oxygens (including phenoxy) is 1. The second kappa shape index (κ2) is 8.36. The molecule has 0 aliphatic carbocycles. The first-order valence-electron chi connectivity index (χ1n) is 6.55. The number of methoxy groups -OCH3 is 1. The first kappa shape index (κ1) is 16.2. The number of nitrogens with zero attached hydrogens (tertiary/aromatic N) is 1. The molecule has 4 nitrogen and oxygen atoms in total. The molecule has 4 heteroatoms. The molecule has 0 fully saturated rings. The van der Waals surface area contributed by atoms with Crippen molar-refractivity contribution < 1.29 is 14.6 Å². The Balaban J connectivity index is 2.99. The van der Waals surface area contributed by atoms with E-state index in [1.807, 2.05) is 19.1 Å². The van der Waals surface area contributed by atoms with E-state index < -0.39 is 0 Å². The third-order valence-electron chi connectivity index (χ3n) is 2.84. The molecule has 0 aliphatic rings. The highest BCUT2D eigenvalue weighted by molar-refractivity contribution is 5.96. The number of benzene rings is 1. The van der Waals surface area contributed by atoms with Crippen LogP contribution in [0.25, 0.3) is 0 Å². The molecule has 1 aromatic carbocycles. The maximum Gasteiger partial charge on any atom is 0.254 e. The number of amides is 1. The number of aliphatic hydroxyl groups excluding tert-OH is 1. The van der Waals surface area contributed by atoms with E-state index in [1.165, 1.54) is 0 Å². The lowest BCUT2D eigenvalue weighted by Crippen LogP contribution is -2.30. The van der Waals surface area contributed by atoms with E-state index in [0.717, 1.165) is 5.56 Å². The number of likely N-dealkylation sites (N-methyl/N-ethyl adjacent to an activating group) is 1. The molecule has 1 amide bonds. The molecule has 0 atom stereocenters. The maximum absolute atomic E-state index is 12.4. The molecule has 1 aromatic rings. The van der Waals surface area contributed by atoms with E-state index in [0.29, 0.717) is 30.7 Å². The first-order chi connectivity index (χ1) is 9.60. The standard InChI is InChI=1S/C16H21NO3/c1-13-7-8-15(14(12-13)6-4-5-10-18)16(19)17(2)9-11-20-3/h7-8,12,18H,5,9-11H2,1-3H3. The molecule has 0 spiro atoms. The predicted octanol–water partition coefficient (Wildman–Crippen LogP) is 1.45. The number of hydrogen-bond donors (Lipinski definition) is 1. The Labute approximate surface area is 120 Å². The molecular formula is C16H21NO3. The third-order valence-corrected chi connectivity index (χ3v) is 2.84. The first-order valence-corrected chi connectivity index (χ1v) is 6.55. The SMILES string of the molecule is COCCN(C)C(=O)c1ccc(C)cc1C#CCCO. The van der Waals surface area contributed by atoms with Gasteiger partial charge in [-0.2, -0.15) is 0 Å². The fraction of sp³-hybridized carbons (Fsp3) is 0.438. The molecule has 0 saturated carbocycles. The van der Waals surface area contributed by atoms with Gasteiger partial charge in [0.25, 0.3) is 5.91 Å². The molecule has 0 bridgehead atoms. The van der Waals surface area contributed by atoms with Crippen molar-refractivity contribution in [1.82, 2.24) is 4.90 Å². The molecule has 0 saturated heterocycles. The Morgan fingerprint density at radius 3 is 2.85 bits per heavy atom. The lowest BCUT2D eigenvalue weighted by molar-refractivity contribution is 0.0744. The van der Waals surface area contributed by atoms with Gasteiger partial charge in [0, 0.05) is 32.7 Å². The van der Waals surface area contributed by atoms with Crippen LogP contribution in [0.15, 0.2) is 18.2 Å². The van der Waals surface area contributed by atoms with Crippen molar-refractivity contribution >= 4 is 5.91 Å². The van der Waals surface area contributed by atoms with Gasteiger partial charge in [0.05, 0.1) is 18.8 Å². The van der Waals surface area contributed by atoms with E-state index in [9.17, 15) is 4.79 Å². The van der Waals surface area contributed by atoms with Gasteiger partial charge < -0.3 is 14.7 Å². The molecule has 0 aliphatic heterocycles. The van der Waals surface area contributed by atoms with Crippen LogP contribution >= 0.6 is 0 Å². The zero-order valence-corrected chi connectivity index (χ0v) is 12.3. The summed E-state index contributed by atoms with van der Waals surface area (Å²) < 4.78 is 4.98. The van der Waals surface area contributed by atoms with Gasteiger partial charge in [0.15, 0.2) is 0 Å². The highest BCUT2D eigenvalue weighted by Crippen LogP contribution is 2.13. The summed E-state index contributed by atoms with van der Waals surface area (Å²) in [5.41, 5.74) is 2.33. The van der Waals surface area contributed by atoms with Crippen LogP contribution in [0.3, 0.4) is 0 Å². The Bertz CT molecular complexity index is 514. The summed E-state index contributed by atoms with van der Waals surface area (Å²) in [6.07, 6.45) is 0.404. The number of aryl methyl sites for hydroxylation is 1. The molecule has 108 valence electrons. The van der Waals surface area contributed by atoms with Gasteiger partial charge in [-0.3, -0.25) is 4.79 Å². The lowest BCUT2D eigenvalue weighted by atomic mass is 10.0. The molecule has 0 radical (unpaired) electrons. The van der Waals surface area contributed by atoms with Gasteiger partial charge in [-0.1, -0.05) is 17.9 Å². The van der Waals surface area contributed by atoms with Gasteiger partial charge in [0.2, 0.25) is 0 Å². The van der Waals surface area contributed by atoms with E-state index in [2.05, 4.69) is 11.8 Å². The number of rotatable bonds is 5. The highest BCUT2D eigenvalue weighted by atomic mass is 16.5. The van der Waals surface area contributed by atoms with Crippen molar-refractivity contribution in [2.45, 2.75) is 13.3 Å². The summed E-state index contributed by atoms with van der Waals surface area (Å²) in [7, 11) is 3.35. The Kier molecular flexibility index (Phi) is 6.78. The lowest BCUT2D eigenvalue weighted by Gasteiger charge is -2.17. The summed E-state index contributed by atoms with van der Waals surface area (Å²) >= 11 is 0. The zero-order valence-electron chi connectivity index (χ0n) is 12.3. The van der Waals surface area contributed by atoms with Crippen molar-refractivity contribution in [1.29, 1.82) is 0 Å². The van der Waals surface area contributed by atoms with Gasteiger partial charge in [-0.15, -0.1) is 0 Å².